The summed E-state index contributed by atoms with van der Waals surface area (Å²) in [5, 5.41) is 9.45. The number of nitrogens with one attached hydrogen (secondary N) is 1. The van der Waals surface area contributed by atoms with Crippen LogP contribution in [0.5, 0.6) is 0 Å². The van der Waals surface area contributed by atoms with Gasteiger partial charge in [-0.15, -0.1) is 0 Å². The van der Waals surface area contributed by atoms with E-state index in [0.717, 1.165) is 0 Å². The molecule has 0 aliphatic heterocycles. The highest BCUT2D eigenvalue weighted by atomic mass is 35.5. The van der Waals surface area contributed by atoms with Gasteiger partial charge in [0.1, 0.15) is 0 Å². The van der Waals surface area contributed by atoms with Crippen molar-refractivity contribution in [1.82, 2.24) is 9.97 Å². The van der Waals surface area contributed by atoms with Gasteiger partial charge in [-0.1, -0.05) is 11.6 Å². The maximum Gasteiger partial charge on any atom is 0.264 e. The van der Waals surface area contributed by atoms with E-state index in [9.17, 15) is 13.5 Å². The van der Waals surface area contributed by atoms with Crippen LogP contribution in [-0.4, -0.2) is 23.5 Å². The molecule has 8 heteroatoms. The first-order chi connectivity index (χ1) is 9.44. The highest BCUT2D eigenvalue weighted by Gasteiger charge is 2.20. The van der Waals surface area contributed by atoms with E-state index in [2.05, 4.69) is 14.7 Å². The molecule has 2 rings (SSSR count). The van der Waals surface area contributed by atoms with Crippen LogP contribution in [-0.2, 0) is 16.6 Å². The van der Waals surface area contributed by atoms with Crippen LogP contribution in [0.4, 0.5) is 5.95 Å². The number of nitrogens with zero attached hydrogens (tertiary/aromatic N) is 2. The Bertz CT molecular complexity index is 720. The third-order valence-corrected chi connectivity index (χ3v) is 4.36. The van der Waals surface area contributed by atoms with E-state index in [1.54, 1.807) is 13.0 Å². The molecule has 0 aliphatic carbocycles. The number of hydrogen-bond acceptors (Lipinski definition) is 5. The van der Waals surface area contributed by atoms with Crippen molar-refractivity contribution in [3.05, 3.63) is 46.7 Å². The number of benzene rings is 1. The zero-order chi connectivity index (χ0) is 14.8. The second-order valence-electron chi connectivity index (χ2n) is 4.02. The van der Waals surface area contributed by atoms with Crippen molar-refractivity contribution in [2.24, 2.45) is 0 Å². The molecule has 0 atom stereocenters. The SMILES string of the molecule is Cc1c(CO)cc(Cl)cc1S(=O)(=O)Nc1ncccn1. The van der Waals surface area contributed by atoms with Gasteiger partial charge < -0.3 is 5.11 Å². The number of aliphatic hydroxyl groups excluding tert-OH is 1. The molecule has 1 aromatic carbocycles. The molecule has 0 amide bonds. The van der Waals surface area contributed by atoms with Gasteiger partial charge in [-0.05, 0) is 36.2 Å². The van der Waals surface area contributed by atoms with E-state index in [0.29, 0.717) is 11.1 Å². The molecule has 0 fully saturated rings. The molecule has 0 unspecified atom stereocenters. The van der Waals surface area contributed by atoms with Crippen molar-refractivity contribution in [2.45, 2.75) is 18.4 Å². The Morgan fingerprint density at radius 2 is 1.95 bits per heavy atom. The zero-order valence-electron chi connectivity index (χ0n) is 10.5. The summed E-state index contributed by atoms with van der Waals surface area (Å²) in [6, 6.07) is 4.42. The van der Waals surface area contributed by atoms with Crippen LogP contribution in [0.15, 0.2) is 35.5 Å². The molecule has 0 saturated carbocycles. The lowest BCUT2D eigenvalue weighted by molar-refractivity contribution is 0.280. The van der Waals surface area contributed by atoms with Crippen LogP contribution in [0.1, 0.15) is 11.1 Å². The van der Waals surface area contributed by atoms with Crippen molar-refractivity contribution in [3.63, 3.8) is 0 Å². The third kappa shape index (κ3) is 3.06. The Morgan fingerprint density at radius 1 is 1.30 bits per heavy atom. The Balaban J connectivity index is 2.47. The van der Waals surface area contributed by atoms with E-state index in [1.165, 1.54) is 24.5 Å². The van der Waals surface area contributed by atoms with Gasteiger partial charge in [0.15, 0.2) is 0 Å². The molecule has 0 radical (unpaired) electrons. The molecule has 0 spiro atoms. The molecule has 20 heavy (non-hydrogen) atoms. The number of anilines is 1. The Kier molecular flexibility index (Phi) is 4.22. The number of aromatic nitrogens is 2. The van der Waals surface area contributed by atoms with E-state index in [1.807, 2.05) is 0 Å². The number of sulfonamides is 1. The average molecular weight is 314 g/mol. The first-order valence-corrected chi connectivity index (χ1v) is 7.50. The molecule has 2 N–H and O–H groups in total. The van der Waals surface area contributed by atoms with Gasteiger partial charge in [0.25, 0.3) is 10.0 Å². The minimum atomic E-state index is -3.87. The number of rotatable bonds is 4. The number of aliphatic hydroxyl groups is 1. The highest BCUT2D eigenvalue weighted by molar-refractivity contribution is 7.92. The van der Waals surface area contributed by atoms with Crippen LogP contribution in [0.3, 0.4) is 0 Å². The number of hydrogen-bond donors (Lipinski definition) is 2. The first-order valence-electron chi connectivity index (χ1n) is 5.64. The summed E-state index contributed by atoms with van der Waals surface area (Å²) in [6.45, 7) is 1.30. The second kappa shape index (κ2) is 5.74. The normalized spacial score (nSPS) is 11.3. The fourth-order valence-electron chi connectivity index (χ4n) is 1.68. The predicted molar refractivity (Wildman–Crippen MR) is 75.0 cm³/mol. The molecule has 2 aromatic rings. The maximum absolute atomic E-state index is 12.3. The minimum absolute atomic E-state index is 0.0125. The third-order valence-electron chi connectivity index (χ3n) is 2.68. The first kappa shape index (κ1) is 14.7. The van der Waals surface area contributed by atoms with E-state index in [4.69, 9.17) is 11.6 Å². The van der Waals surface area contributed by atoms with Gasteiger partial charge in [0, 0.05) is 17.4 Å². The summed E-state index contributed by atoms with van der Waals surface area (Å²) in [4.78, 5) is 7.59. The second-order valence-corrected chi connectivity index (χ2v) is 6.11. The molecule has 6 nitrogen and oxygen atoms in total. The summed E-state index contributed by atoms with van der Waals surface area (Å²) in [5.41, 5.74) is 0.882. The highest BCUT2D eigenvalue weighted by Crippen LogP contribution is 2.25. The van der Waals surface area contributed by atoms with Crippen LogP contribution in [0.2, 0.25) is 5.02 Å². The fraction of sp³-hybridized carbons (Fsp3) is 0.167. The molecular formula is C12H12ClN3O3S. The maximum atomic E-state index is 12.3. The van der Waals surface area contributed by atoms with E-state index >= 15 is 0 Å². The fourth-order valence-corrected chi connectivity index (χ4v) is 3.26. The Hall–Kier alpha value is -1.70. The molecule has 0 aliphatic rings. The lowest BCUT2D eigenvalue weighted by Gasteiger charge is -2.12. The summed E-state index contributed by atoms with van der Waals surface area (Å²) >= 11 is 5.88. The lowest BCUT2D eigenvalue weighted by atomic mass is 10.1. The van der Waals surface area contributed by atoms with Gasteiger partial charge >= 0.3 is 0 Å². The molecule has 1 heterocycles. The minimum Gasteiger partial charge on any atom is -0.392 e. The smallest absolute Gasteiger partial charge is 0.264 e. The van der Waals surface area contributed by atoms with Gasteiger partial charge in [0.05, 0.1) is 11.5 Å². The standard InChI is InChI=1S/C12H12ClN3O3S/c1-8-9(7-17)5-10(13)6-11(8)20(18,19)16-12-14-3-2-4-15-12/h2-6,17H,7H2,1H3,(H,14,15,16). The van der Waals surface area contributed by atoms with Crippen LogP contribution < -0.4 is 4.72 Å². The average Bonchev–Trinajstić information content (AvgIpc) is 2.41. The van der Waals surface area contributed by atoms with Crippen molar-refractivity contribution < 1.29 is 13.5 Å². The van der Waals surface area contributed by atoms with Gasteiger partial charge in [-0.3, -0.25) is 0 Å². The summed E-state index contributed by atoms with van der Waals surface area (Å²) in [5.74, 6) is -0.0302. The van der Waals surface area contributed by atoms with Crippen molar-refractivity contribution in [3.8, 4) is 0 Å². The van der Waals surface area contributed by atoms with Crippen LogP contribution in [0, 0.1) is 6.92 Å². The van der Waals surface area contributed by atoms with E-state index < -0.39 is 10.0 Å². The predicted octanol–water partition coefficient (Wildman–Crippen LogP) is 1.73. The quantitative estimate of drug-likeness (QED) is 0.897. The molecule has 0 saturated heterocycles. The van der Waals surface area contributed by atoms with Gasteiger partial charge in [-0.2, -0.15) is 0 Å². The van der Waals surface area contributed by atoms with Crippen molar-refractivity contribution >= 4 is 27.6 Å². The van der Waals surface area contributed by atoms with Gasteiger partial charge in [-0.25, -0.2) is 23.1 Å². The summed E-state index contributed by atoms with van der Waals surface area (Å²) in [7, 11) is -3.87. The lowest BCUT2D eigenvalue weighted by Crippen LogP contribution is -2.16. The molecule has 106 valence electrons. The molecular weight excluding hydrogens is 302 g/mol. The summed E-state index contributed by atoms with van der Waals surface area (Å²) < 4.78 is 26.9. The Labute approximate surface area is 121 Å². The summed E-state index contributed by atoms with van der Waals surface area (Å²) in [6.07, 6.45) is 2.85. The molecule has 1 aromatic heterocycles. The largest absolute Gasteiger partial charge is 0.392 e. The topological polar surface area (TPSA) is 92.2 Å². The Morgan fingerprint density at radius 3 is 2.55 bits per heavy atom. The van der Waals surface area contributed by atoms with Crippen molar-refractivity contribution in [2.75, 3.05) is 4.72 Å². The number of halogens is 1. The molecule has 0 bridgehead atoms. The van der Waals surface area contributed by atoms with Crippen LogP contribution in [0.25, 0.3) is 0 Å². The van der Waals surface area contributed by atoms with E-state index in [-0.39, 0.29) is 22.5 Å². The zero-order valence-corrected chi connectivity index (χ0v) is 12.1. The monoisotopic (exact) mass is 313 g/mol. The van der Waals surface area contributed by atoms with Gasteiger partial charge in [0.2, 0.25) is 5.95 Å². The van der Waals surface area contributed by atoms with Crippen molar-refractivity contribution in [1.29, 1.82) is 0 Å². The van der Waals surface area contributed by atoms with Crippen LogP contribution >= 0.6 is 11.6 Å².